The molecule has 0 fully saturated rings. The third-order valence-electron chi connectivity index (χ3n) is 3.76. The molecule has 3 N–H and O–H groups in total. The number of alkyl carbamates (subject to hydrolysis) is 1. The van der Waals surface area contributed by atoms with Gasteiger partial charge in [0.2, 0.25) is 0 Å². The molecule has 5 nitrogen and oxygen atoms in total. The maximum atomic E-state index is 11.9. The highest BCUT2D eigenvalue weighted by atomic mass is 16.6. The summed E-state index contributed by atoms with van der Waals surface area (Å²) >= 11 is 0. The van der Waals surface area contributed by atoms with Gasteiger partial charge in [0.1, 0.15) is 5.60 Å². The van der Waals surface area contributed by atoms with Crippen LogP contribution in [0.25, 0.3) is 10.9 Å². The average Bonchev–Trinajstić information content (AvgIpc) is 2.50. The number of amides is 1. The predicted molar refractivity (Wildman–Crippen MR) is 92.4 cm³/mol. The van der Waals surface area contributed by atoms with Gasteiger partial charge in [0.15, 0.2) is 0 Å². The first-order chi connectivity index (χ1) is 10.7. The molecule has 23 heavy (non-hydrogen) atoms. The molecule has 0 aliphatic carbocycles. The first kappa shape index (κ1) is 17.2. The van der Waals surface area contributed by atoms with E-state index < -0.39 is 17.1 Å². The quantitative estimate of drug-likeness (QED) is 0.909. The van der Waals surface area contributed by atoms with Gasteiger partial charge >= 0.3 is 6.09 Å². The van der Waals surface area contributed by atoms with Crippen molar-refractivity contribution in [2.24, 2.45) is 5.73 Å². The molecular weight excluding hydrogens is 290 g/mol. The number of hydrogen-bond acceptors (Lipinski definition) is 4. The van der Waals surface area contributed by atoms with Crippen molar-refractivity contribution in [3.63, 3.8) is 0 Å². The Morgan fingerprint density at radius 2 is 1.96 bits per heavy atom. The predicted octanol–water partition coefficient (Wildman–Crippen LogP) is 2.98. The van der Waals surface area contributed by atoms with Gasteiger partial charge in [-0.25, -0.2) is 4.79 Å². The van der Waals surface area contributed by atoms with E-state index in [4.69, 9.17) is 10.5 Å². The Morgan fingerprint density at radius 3 is 2.61 bits per heavy atom. The Labute approximate surface area is 137 Å². The van der Waals surface area contributed by atoms with Crippen LogP contribution in [-0.4, -0.2) is 29.8 Å². The number of nitrogens with two attached hydrogens (primary N) is 1. The van der Waals surface area contributed by atoms with Crippen molar-refractivity contribution < 1.29 is 9.53 Å². The molecule has 124 valence electrons. The molecule has 2 aromatic rings. The number of hydrogen-bond donors (Lipinski definition) is 2. The van der Waals surface area contributed by atoms with Crippen LogP contribution in [-0.2, 0) is 10.2 Å². The summed E-state index contributed by atoms with van der Waals surface area (Å²) in [5.41, 5.74) is 6.98. The molecule has 0 radical (unpaired) electrons. The van der Waals surface area contributed by atoms with Crippen molar-refractivity contribution >= 4 is 17.0 Å². The van der Waals surface area contributed by atoms with Gasteiger partial charge in [0.05, 0.1) is 5.52 Å². The number of rotatable bonds is 4. The highest BCUT2D eigenvalue weighted by Crippen LogP contribution is 2.24. The molecule has 0 bridgehead atoms. The van der Waals surface area contributed by atoms with E-state index in [2.05, 4.69) is 16.4 Å². The normalized spacial score (nSPS) is 14.3. The van der Waals surface area contributed by atoms with E-state index >= 15 is 0 Å². The molecule has 5 heteroatoms. The minimum atomic E-state index is -0.520. The van der Waals surface area contributed by atoms with E-state index in [1.807, 2.05) is 58.2 Å². The summed E-state index contributed by atoms with van der Waals surface area (Å²) in [6.07, 6.45) is 1.39. The van der Waals surface area contributed by atoms with Crippen LogP contribution < -0.4 is 11.1 Å². The molecule has 0 aliphatic rings. The largest absolute Gasteiger partial charge is 0.444 e. The third-order valence-corrected chi connectivity index (χ3v) is 3.76. The third kappa shape index (κ3) is 4.42. The summed E-state index contributed by atoms with van der Waals surface area (Å²) in [6, 6.07) is 10.0. The van der Waals surface area contributed by atoms with Crippen molar-refractivity contribution in [1.82, 2.24) is 10.3 Å². The van der Waals surface area contributed by atoms with E-state index in [1.54, 1.807) is 0 Å². The number of fused-ring (bicyclic) bond motifs is 1. The number of para-hydroxylation sites is 1. The Balaban J connectivity index is 2.16. The summed E-state index contributed by atoms with van der Waals surface area (Å²) in [5, 5.41) is 3.87. The molecular formula is C18H25N3O2. The zero-order chi connectivity index (χ0) is 17.1. The molecule has 1 heterocycles. The second kappa shape index (κ2) is 6.54. The van der Waals surface area contributed by atoms with Crippen molar-refractivity contribution in [3.05, 3.63) is 42.1 Å². The standard InChI is InChI=1S/C18H25N3O2/c1-17(2,3)23-16(22)21-12-18(4,11-19)14-9-13-7-5-6-8-15(13)20-10-14/h5-10H,11-12,19H2,1-4H3,(H,21,22). The van der Waals surface area contributed by atoms with E-state index in [9.17, 15) is 4.79 Å². The number of ether oxygens (including phenoxy) is 1. The lowest BCUT2D eigenvalue weighted by atomic mass is 9.83. The lowest BCUT2D eigenvalue weighted by Crippen LogP contribution is -2.45. The minimum absolute atomic E-state index is 0.387. The summed E-state index contributed by atoms with van der Waals surface area (Å²) in [7, 11) is 0. The summed E-state index contributed by atoms with van der Waals surface area (Å²) < 4.78 is 5.28. The molecule has 0 aliphatic heterocycles. The van der Waals surface area contributed by atoms with Crippen LogP contribution in [0, 0.1) is 0 Å². The van der Waals surface area contributed by atoms with E-state index in [-0.39, 0.29) is 0 Å². The molecule has 2 rings (SSSR count). The second-order valence-corrected chi connectivity index (χ2v) is 7.04. The Kier molecular flexibility index (Phi) is 4.90. The van der Waals surface area contributed by atoms with Gasteiger partial charge in [-0.15, -0.1) is 0 Å². The van der Waals surface area contributed by atoms with Gasteiger partial charge in [0.25, 0.3) is 0 Å². The Hall–Kier alpha value is -2.14. The van der Waals surface area contributed by atoms with Crippen LogP contribution in [0.4, 0.5) is 4.79 Å². The first-order valence-electron chi connectivity index (χ1n) is 7.76. The van der Waals surface area contributed by atoms with E-state index in [0.29, 0.717) is 13.1 Å². The fourth-order valence-electron chi connectivity index (χ4n) is 2.27. The van der Waals surface area contributed by atoms with Gasteiger partial charge in [-0.1, -0.05) is 25.1 Å². The summed E-state index contributed by atoms with van der Waals surface area (Å²) in [6.45, 7) is 8.29. The molecule has 1 aromatic carbocycles. The Bertz CT molecular complexity index is 694. The van der Waals surface area contributed by atoms with Crippen molar-refractivity contribution in [2.45, 2.75) is 38.7 Å². The number of carbonyl (C=O) groups is 1. The molecule has 0 spiro atoms. The van der Waals surface area contributed by atoms with Crippen molar-refractivity contribution in [1.29, 1.82) is 0 Å². The van der Waals surface area contributed by atoms with Crippen molar-refractivity contribution in [2.75, 3.05) is 13.1 Å². The Morgan fingerprint density at radius 1 is 1.26 bits per heavy atom. The highest BCUT2D eigenvalue weighted by Gasteiger charge is 2.27. The van der Waals surface area contributed by atoms with Gasteiger partial charge < -0.3 is 15.8 Å². The number of nitrogens with zero attached hydrogens (tertiary/aromatic N) is 1. The zero-order valence-electron chi connectivity index (χ0n) is 14.2. The van der Waals surface area contributed by atoms with Crippen LogP contribution in [0.3, 0.4) is 0 Å². The fraction of sp³-hybridized carbons (Fsp3) is 0.444. The SMILES string of the molecule is CC(C)(C)OC(=O)NCC(C)(CN)c1cnc2ccccc2c1. The van der Waals surface area contributed by atoms with Gasteiger partial charge in [-0.2, -0.15) is 0 Å². The number of aromatic nitrogens is 1. The lowest BCUT2D eigenvalue weighted by Gasteiger charge is -2.29. The maximum Gasteiger partial charge on any atom is 0.407 e. The molecule has 0 saturated carbocycles. The number of pyridine rings is 1. The topological polar surface area (TPSA) is 77.2 Å². The maximum absolute atomic E-state index is 11.9. The van der Waals surface area contributed by atoms with E-state index in [0.717, 1.165) is 16.5 Å². The molecule has 1 amide bonds. The fourth-order valence-corrected chi connectivity index (χ4v) is 2.27. The monoisotopic (exact) mass is 315 g/mol. The first-order valence-corrected chi connectivity index (χ1v) is 7.76. The molecule has 1 unspecified atom stereocenters. The van der Waals surface area contributed by atoms with E-state index in [1.165, 1.54) is 0 Å². The molecule has 1 aromatic heterocycles. The highest BCUT2D eigenvalue weighted by molar-refractivity contribution is 5.79. The van der Waals surface area contributed by atoms with Gasteiger partial charge in [0, 0.05) is 30.1 Å². The molecule has 1 atom stereocenters. The van der Waals surface area contributed by atoms with Crippen LogP contribution in [0.5, 0.6) is 0 Å². The van der Waals surface area contributed by atoms with Crippen LogP contribution >= 0.6 is 0 Å². The summed E-state index contributed by atoms with van der Waals surface area (Å²) in [4.78, 5) is 16.4. The van der Waals surface area contributed by atoms with Crippen molar-refractivity contribution in [3.8, 4) is 0 Å². The molecule has 0 saturated heterocycles. The van der Waals surface area contributed by atoms with Gasteiger partial charge in [-0.3, -0.25) is 4.98 Å². The lowest BCUT2D eigenvalue weighted by molar-refractivity contribution is 0.0516. The van der Waals surface area contributed by atoms with Crippen LogP contribution in [0.2, 0.25) is 0 Å². The van der Waals surface area contributed by atoms with Crippen LogP contribution in [0.15, 0.2) is 36.5 Å². The zero-order valence-corrected chi connectivity index (χ0v) is 14.2. The number of benzene rings is 1. The number of nitrogens with one attached hydrogen (secondary N) is 1. The average molecular weight is 315 g/mol. The summed E-state index contributed by atoms with van der Waals surface area (Å²) in [5.74, 6) is 0. The minimum Gasteiger partial charge on any atom is -0.444 e. The second-order valence-electron chi connectivity index (χ2n) is 7.04. The van der Waals surface area contributed by atoms with Gasteiger partial charge in [-0.05, 0) is 38.5 Å². The van der Waals surface area contributed by atoms with Crippen LogP contribution in [0.1, 0.15) is 33.3 Å². The number of carbonyl (C=O) groups excluding carboxylic acids is 1. The smallest absolute Gasteiger partial charge is 0.407 e.